The number of carbonyl (C=O) groups is 2. The molecule has 1 unspecified atom stereocenters. The molecule has 0 aliphatic carbocycles. The maximum atomic E-state index is 10.9. The number of nitrogens with two attached hydrogens (primary N) is 1. The molecule has 0 rings (SSSR count). The van der Waals surface area contributed by atoms with Crippen LogP contribution in [0.25, 0.3) is 0 Å². The Labute approximate surface area is 92.9 Å². The predicted octanol–water partition coefficient (Wildman–Crippen LogP) is 0.446. The molecule has 0 aliphatic heterocycles. The number of hydrogen-bond donors (Lipinski definition) is 3. The van der Waals surface area contributed by atoms with Crippen LogP contribution in [0.2, 0.25) is 0 Å². The Morgan fingerprint density at radius 2 is 2.36 bits per heavy atom. The molecule has 0 bridgehead atoms. The predicted molar refractivity (Wildman–Crippen MR) is 53.1 cm³/mol. The summed E-state index contributed by atoms with van der Waals surface area (Å²) < 4.78 is 6.73. The Morgan fingerprint density at radius 3 is 2.71 bits per heavy atom. The lowest BCUT2D eigenvalue weighted by molar-refractivity contribution is -0.143. The van der Waals surface area contributed by atoms with Crippen LogP contribution < -0.4 is 11.1 Å². The van der Waals surface area contributed by atoms with E-state index >= 15 is 0 Å². The van der Waals surface area contributed by atoms with Gasteiger partial charge in [0.15, 0.2) is 0 Å². The highest BCUT2D eigenvalue weighted by Gasteiger charge is 2.36. The first kappa shape index (κ1) is 11.6. The zero-order valence-electron chi connectivity index (χ0n) is 8.30. The first-order valence-electron chi connectivity index (χ1n) is 4.44. The minimum atomic E-state index is -1.94. The van der Waals surface area contributed by atoms with Gasteiger partial charge in [-0.3, -0.25) is 4.79 Å². The molecule has 82 valence electrons. The molecular formula is C7H12Cl2N2O3. The van der Waals surface area contributed by atoms with Crippen molar-refractivity contribution in [2.24, 2.45) is 5.73 Å². The fourth-order valence-electron chi connectivity index (χ4n) is 0.781. The molecule has 0 radical (unpaired) electrons. The molecule has 1 amide bonds. The summed E-state index contributed by atoms with van der Waals surface area (Å²) in [4.78, 5) is 19.7. The van der Waals surface area contributed by atoms with Crippen molar-refractivity contribution in [2.45, 2.75) is 30.2 Å². The van der Waals surface area contributed by atoms with Crippen molar-refractivity contribution >= 4 is 35.1 Å². The highest BCUT2D eigenvalue weighted by Crippen LogP contribution is 2.20. The molecule has 0 aromatic heterocycles. The summed E-state index contributed by atoms with van der Waals surface area (Å²) >= 11 is 11.1. The van der Waals surface area contributed by atoms with Crippen molar-refractivity contribution in [3.63, 3.8) is 0 Å². The summed E-state index contributed by atoms with van der Waals surface area (Å²) in [5.41, 5.74) is 4.50. The van der Waals surface area contributed by atoms with Gasteiger partial charge in [0.05, 0.1) is 5.50 Å². The van der Waals surface area contributed by atoms with E-state index in [1.54, 1.807) is 0 Å². The zero-order chi connectivity index (χ0) is 12.1. The Balaban J connectivity index is 4.45. The summed E-state index contributed by atoms with van der Waals surface area (Å²) in [6, 6.07) is 0. The highest BCUT2D eigenvalue weighted by atomic mass is 35.5. The summed E-state index contributed by atoms with van der Waals surface area (Å²) in [6.45, 7) is -0.589. The van der Waals surface area contributed by atoms with Gasteiger partial charge >= 0.3 is 5.97 Å². The SMILES string of the molecule is [2H]CC(=O)N[C@@](Cl)(CCC(N)Cl)C(=O)O. The fourth-order valence-corrected chi connectivity index (χ4v) is 1.10. The number of aliphatic carboxylic acids is 1. The van der Waals surface area contributed by atoms with E-state index in [2.05, 4.69) is 0 Å². The normalized spacial score (nSPS) is 17.8. The van der Waals surface area contributed by atoms with E-state index in [9.17, 15) is 9.59 Å². The van der Waals surface area contributed by atoms with Gasteiger partial charge in [-0.05, 0) is 12.8 Å². The van der Waals surface area contributed by atoms with Crippen LogP contribution >= 0.6 is 23.2 Å². The van der Waals surface area contributed by atoms with E-state index in [4.69, 9.17) is 35.4 Å². The number of carbonyl (C=O) groups excluding carboxylic acids is 1. The van der Waals surface area contributed by atoms with Gasteiger partial charge in [-0.1, -0.05) is 11.6 Å². The third kappa shape index (κ3) is 4.64. The van der Waals surface area contributed by atoms with Gasteiger partial charge in [0.25, 0.3) is 0 Å². The maximum absolute atomic E-state index is 10.9. The third-order valence-electron chi connectivity index (χ3n) is 1.44. The average molecular weight is 244 g/mol. The second-order valence-corrected chi connectivity index (χ2v) is 3.91. The molecular weight excluding hydrogens is 231 g/mol. The second-order valence-electron chi connectivity index (χ2n) is 2.71. The number of rotatable bonds is 5. The third-order valence-corrected chi connectivity index (χ3v) is 2.10. The standard InChI is InChI=1S/C7H12Cl2N2O3/c1-4(12)11-7(9,6(13)14)3-2-5(8)10/h5H,2-3,10H2,1H3,(H,11,12)(H,13,14)/t5?,7-/m0/s1/i1D. The number of carboxylic acid groups (broad SMARTS) is 1. The Hall–Kier alpha value is -0.520. The van der Waals surface area contributed by atoms with Gasteiger partial charge in [-0.15, -0.1) is 11.6 Å². The molecule has 0 aliphatic rings. The smallest absolute Gasteiger partial charge is 0.345 e. The molecule has 5 nitrogen and oxygen atoms in total. The summed E-state index contributed by atoms with van der Waals surface area (Å²) in [6.07, 6.45) is 0.0237. The molecule has 0 aromatic carbocycles. The fraction of sp³-hybridized carbons (Fsp3) is 0.714. The van der Waals surface area contributed by atoms with E-state index in [-0.39, 0.29) is 12.8 Å². The van der Waals surface area contributed by atoms with Crippen molar-refractivity contribution in [3.05, 3.63) is 0 Å². The van der Waals surface area contributed by atoms with Gasteiger partial charge < -0.3 is 16.2 Å². The lowest BCUT2D eigenvalue weighted by Gasteiger charge is -2.23. The van der Waals surface area contributed by atoms with Gasteiger partial charge in [0.1, 0.15) is 0 Å². The van der Waals surface area contributed by atoms with E-state index in [0.29, 0.717) is 0 Å². The van der Waals surface area contributed by atoms with Gasteiger partial charge in [-0.25, -0.2) is 4.79 Å². The minimum absolute atomic E-state index is 0.111. The number of alkyl halides is 2. The van der Waals surface area contributed by atoms with E-state index < -0.39 is 29.3 Å². The molecule has 0 saturated carbocycles. The number of amides is 1. The van der Waals surface area contributed by atoms with Crippen molar-refractivity contribution in [1.82, 2.24) is 5.32 Å². The minimum Gasteiger partial charge on any atom is -0.479 e. The Bertz CT molecular complexity index is 252. The van der Waals surface area contributed by atoms with Crippen molar-refractivity contribution in [2.75, 3.05) is 0 Å². The lowest BCUT2D eigenvalue weighted by atomic mass is 10.1. The first-order valence-corrected chi connectivity index (χ1v) is 4.55. The zero-order valence-corrected chi connectivity index (χ0v) is 8.81. The van der Waals surface area contributed by atoms with Crippen LogP contribution in [0.15, 0.2) is 0 Å². The molecule has 4 N–H and O–H groups in total. The quantitative estimate of drug-likeness (QED) is 0.483. The molecule has 0 heterocycles. The van der Waals surface area contributed by atoms with Gasteiger partial charge in [-0.2, -0.15) is 0 Å². The van der Waals surface area contributed by atoms with Crippen LogP contribution in [0, 0.1) is 0 Å². The Morgan fingerprint density at radius 1 is 1.79 bits per heavy atom. The molecule has 0 spiro atoms. The lowest BCUT2D eigenvalue weighted by Crippen LogP contribution is -2.49. The number of halogens is 2. The summed E-state index contributed by atoms with van der Waals surface area (Å²) in [5, 5.41) is 10.8. The van der Waals surface area contributed by atoms with Crippen LogP contribution in [0.3, 0.4) is 0 Å². The highest BCUT2D eigenvalue weighted by molar-refractivity contribution is 6.34. The van der Waals surface area contributed by atoms with E-state index in [1.807, 2.05) is 5.32 Å². The van der Waals surface area contributed by atoms with Crippen LogP contribution in [0.5, 0.6) is 0 Å². The van der Waals surface area contributed by atoms with E-state index in [1.165, 1.54) is 0 Å². The molecule has 0 fully saturated rings. The molecule has 0 saturated heterocycles. The second kappa shape index (κ2) is 5.38. The molecule has 7 heteroatoms. The summed E-state index contributed by atoms with van der Waals surface area (Å²) in [7, 11) is 0. The maximum Gasteiger partial charge on any atom is 0.345 e. The molecule has 0 aromatic rings. The summed E-state index contributed by atoms with van der Waals surface area (Å²) in [5.74, 6) is -2.17. The van der Waals surface area contributed by atoms with Crippen molar-refractivity contribution in [1.29, 1.82) is 0 Å². The van der Waals surface area contributed by atoms with Crippen LogP contribution in [0.1, 0.15) is 21.1 Å². The number of hydrogen-bond acceptors (Lipinski definition) is 3. The van der Waals surface area contributed by atoms with Crippen molar-refractivity contribution in [3.8, 4) is 0 Å². The number of nitrogens with one attached hydrogen (secondary N) is 1. The van der Waals surface area contributed by atoms with E-state index in [0.717, 1.165) is 0 Å². The first-order chi connectivity index (χ1) is 6.81. The van der Waals surface area contributed by atoms with Gasteiger partial charge in [0.2, 0.25) is 10.9 Å². The monoisotopic (exact) mass is 243 g/mol. The molecule has 14 heavy (non-hydrogen) atoms. The largest absolute Gasteiger partial charge is 0.479 e. The number of carboxylic acids is 1. The van der Waals surface area contributed by atoms with Crippen LogP contribution in [0.4, 0.5) is 0 Å². The van der Waals surface area contributed by atoms with Gasteiger partial charge in [0, 0.05) is 8.27 Å². The van der Waals surface area contributed by atoms with Crippen LogP contribution in [-0.2, 0) is 9.59 Å². The average Bonchev–Trinajstić information content (AvgIpc) is 2.14. The molecule has 2 atom stereocenters. The van der Waals surface area contributed by atoms with Crippen LogP contribution in [-0.4, -0.2) is 27.5 Å². The van der Waals surface area contributed by atoms with Crippen molar-refractivity contribution < 1.29 is 16.1 Å². The Kier molecular flexibility index (Phi) is 4.44. The topological polar surface area (TPSA) is 92.4 Å².